The monoisotopic (exact) mass is 284 g/mol. The predicted octanol–water partition coefficient (Wildman–Crippen LogP) is 2.86. The van der Waals surface area contributed by atoms with Gasteiger partial charge in [0.15, 0.2) is 0 Å². The molecular weight excluding hydrogens is 264 g/mol. The van der Waals surface area contributed by atoms with E-state index in [0.29, 0.717) is 24.0 Å². The second-order valence-corrected chi connectivity index (χ2v) is 5.46. The minimum atomic E-state index is 0.0472. The Kier molecular flexibility index (Phi) is 3.90. The molecule has 0 amide bonds. The average molecular weight is 284 g/mol. The van der Waals surface area contributed by atoms with Gasteiger partial charge in [-0.3, -0.25) is 10.1 Å². The number of rotatable bonds is 5. The topological polar surface area (TPSA) is 76.9 Å². The maximum Gasteiger partial charge on any atom is 0.132 e. The van der Waals surface area contributed by atoms with Crippen LogP contribution >= 0.6 is 0 Å². The summed E-state index contributed by atoms with van der Waals surface area (Å²) in [5.74, 6) is 0.754. The van der Waals surface area contributed by atoms with E-state index >= 15 is 0 Å². The van der Waals surface area contributed by atoms with Crippen LogP contribution in [0.5, 0.6) is 5.75 Å². The van der Waals surface area contributed by atoms with E-state index in [1.807, 2.05) is 24.4 Å². The van der Waals surface area contributed by atoms with Gasteiger partial charge >= 0.3 is 0 Å². The molecule has 2 aromatic rings. The Balaban J connectivity index is 1.62. The van der Waals surface area contributed by atoms with E-state index in [1.54, 1.807) is 12.1 Å². The highest BCUT2D eigenvalue weighted by Gasteiger charge is 2.17. The third-order valence-electron chi connectivity index (χ3n) is 3.89. The summed E-state index contributed by atoms with van der Waals surface area (Å²) in [6, 6.07) is 9.83. The number of ether oxygens (including phenoxy) is 1. The van der Waals surface area contributed by atoms with E-state index in [0.717, 1.165) is 5.69 Å². The van der Waals surface area contributed by atoms with Gasteiger partial charge in [-0.15, -0.1) is 0 Å². The summed E-state index contributed by atoms with van der Waals surface area (Å²) >= 11 is 0. The van der Waals surface area contributed by atoms with Crippen molar-refractivity contribution in [1.82, 2.24) is 9.78 Å². The van der Waals surface area contributed by atoms with Crippen LogP contribution in [0.4, 0.5) is 0 Å². The first-order valence-corrected chi connectivity index (χ1v) is 7.33. The summed E-state index contributed by atoms with van der Waals surface area (Å²) in [4.78, 5) is 0. The first kappa shape index (κ1) is 13.7. The van der Waals surface area contributed by atoms with Crippen molar-refractivity contribution in [2.45, 2.75) is 38.3 Å². The quantitative estimate of drug-likeness (QED) is 0.654. The van der Waals surface area contributed by atoms with Gasteiger partial charge in [0.2, 0.25) is 0 Å². The number of nitrogen functional groups attached to an aromatic ring is 1. The Morgan fingerprint density at radius 1 is 1.33 bits per heavy atom. The molecule has 0 bridgehead atoms. The summed E-state index contributed by atoms with van der Waals surface area (Å²) < 4.78 is 7.80. The first-order chi connectivity index (χ1) is 10.2. The van der Waals surface area contributed by atoms with Gasteiger partial charge in [-0.05, 0) is 31.0 Å². The van der Waals surface area contributed by atoms with Gasteiger partial charge in [-0.1, -0.05) is 25.0 Å². The van der Waals surface area contributed by atoms with Crippen molar-refractivity contribution in [3.63, 3.8) is 0 Å². The molecule has 0 unspecified atom stereocenters. The lowest BCUT2D eigenvalue weighted by molar-refractivity contribution is 0.298. The normalized spacial score (nSPS) is 15.2. The number of aromatic nitrogens is 2. The Bertz CT molecular complexity index is 629. The van der Waals surface area contributed by atoms with E-state index in [-0.39, 0.29) is 5.84 Å². The highest BCUT2D eigenvalue weighted by atomic mass is 16.5. The minimum Gasteiger partial charge on any atom is -0.487 e. The molecule has 0 spiro atoms. The van der Waals surface area contributed by atoms with Crippen LogP contribution < -0.4 is 10.5 Å². The van der Waals surface area contributed by atoms with Gasteiger partial charge in [-0.2, -0.15) is 5.10 Å². The highest BCUT2D eigenvalue weighted by molar-refractivity contribution is 5.95. The van der Waals surface area contributed by atoms with Crippen molar-refractivity contribution in [1.29, 1.82) is 5.41 Å². The minimum absolute atomic E-state index is 0.0472. The second kappa shape index (κ2) is 5.99. The molecule has 3 N–H and O–H groups in total. The Hall–Kier alpha value is -2.30. The second-order valence-electron chi connectivity index (χ2n) is 5.46. The largest absolute Gasteiger partial charge is 0.487 e. The lowest BCUT2D eigenvalue weighted by Crippen LogP contribution is -2.11. The first-order valence-electron chi connectivity index (χ1n) is 7.33. The summed E-state index contributed by atoms with van der Waals surface area (Å²) in [6.07, 6.45) is 7.09. The Labute approximate surface area is 124 Å². The fourth-order valence-electron chi connectivity index (χ4n) is 2.74. The molecule has 1 saturated carbocycles. The van der Waals surface area contributed by atoms with Crippen LogP contribution in [0.15, 0.2) is 36.5 Å². The van der Waals surface area contributed by atoms with Gasteiger partial charge in [-0.25, -0.2) is 0 Å². The number of hydrogen-bond donors (Lipinski definition) is 2. The Morgan fingerprint density at radius 3 is 2.90 bits per heavy atom. The predicted molar refractivity (Wildman–Crippen MR) is 81.5 cm³/mol. The molecule has 110 valence electrons. The zero-order valence-corrected chi connectivity index (χ0v) is 12.0. The van der Waals surface area contributed by atoms with Crippen LogP contribution in [0, 0.1) is 5.41 Å². The van der Waals surface area contributed by atoms with Crippen molar-refractivity contribution in [2.24, 2.45) is 5.73 Å². The van der Waals surface area contributed by atoms with Crippen molar-refractivity contribution >= 4 is 5.84 Å². The molecule has 0 aliphatic heterocycles. The molecule has 21 heavy (non-hydrogen) atoms. The summed E-state index contributed by atoms with van der Waals surface area (Å²) in [5, 5.41) is 12.0. The number of nitrogens with two attached hydrogens (primary N) is 1. The average Bonchev–Trinajstić information content (AvgIpc) is 3.16. The van der Waals surface area contributed by atoms with Crippen LogP contribution in [0.1, 0.15) is 43.0 Å². The molecule has 1 aromatic heterocycles. The molecule has 0 atom stereocenters. The van der Waals surface area contributed by atoms with Crippen molar-refractivity contribution in [2.75, 3.05) is 0 Å². The third kappa shape index (κ3) is 3.24. The molecule has 3 rings (SSSR count). The van der Waals surface area contributed by atoms with Gasteiger partial charge < -0.3 is 10.5 Å². The molecule has 5 heteroatoms. The zero-order valence-electron chi connectivity index (χ0n) is 12.0. The fourth-order valence-corrected chi connectivity index (χ4v) is 2.74. The molecule has 0 radical (unpaired) electrons. The van der Waals surface area contributed by atoms with Crippen molar-refractivity contribution < 1.29 is 4.74 Å². The lowest BCUT2D eigenvalue weighted by atomic mass is 10.2. The summed E-state index contributed by atoms with van der Waals surface area (Å²) in [5.41, 5.74) is 7.07. The molecule has 1 fully saturated rings. The van der Waals surface area contributed by atoms with E-state index < -0.39 is 0 Å². The van der Waals surface area contributed by atoms with Crippen LogP contribution in [0.25, 0.3) is 0 Å². The van der Waals surface area contributed by atoms with Crippen LogP contribution in [-0.2, 0) is 6.61 Å². The SMILES string of the molecule is N=C(N)c1cccc(OCc2ccn(C3CCCC3)n2)c1. The number of benzene rings is 1. The molecule has 0 saturated heterocycles. The van der Waals surface area contributed by atoms with Crippen LogP contribution in [0.3, 0.4) is 0 Å². The standard InChI is InChI=1S/C16H20N4O/c17-16(18)12-4-3-7-15(10-12)21-11-13-8-9-20(19-13)14-5-1-2-6-14/h3-4,7-10,14H,1-2,5-6,11H2,(H3,17,18). The molecular formula is C16H20N4O. The summed E-state index contributed by atoms with van der Waals surface area (Å²) in [7, 11) is 0. The maximum atomic E-state index is 7.43. The van der Waals surface area contributed by atoms with Crippen LogP contribution in [-0.4, -0.2) is 15.6 Å². The van der Waals surface area contributed by atoms with Gasteiger partial charge in [0, 0.05) is 11.8 Å². The van der Waals surface area contributed by atoms with Crippen molar-refractivity contribution in [3.8, 4) is 5.75 Å². The van der Waals surface area contributed by atoms with Gasteiger partial charge in [0.1, 0.15) is 18.2 Å². The van der Waals surface area contributed by atoms with E-state index in [9.17, 15) is 0 Å². The molecule has 1 aromatic carbocycles. The fraction of sp³-hybridized carbons (Fsp3) is 0.375. The van der Waals surface area contributed by atoms with Crippen LogP contribution in [0.2, 0.25) is 0 Å². The maximum absolute atomic E-state index is 7.43. The highest BCUT2D eigenvalue weighted by Crippen LogP contribution is 2.28. The van der Waals surface area contributed by atoms with E-state index in [4.69, 9.17) is 15.9 Å². The van der Waals surface area contributed by atoms with E-state index in [1.165, 1.54) is 25.7 Å². The number of nitrogens with zero attached hydrogens (tertiary/aromatic N) is 2. The van der Waals surface area contributed by atoms with Crippen molar-refractivity contribution in [3.05, 3.63) is 47.8 Å². The number of amidine groups is 1. The van der Waals surface area contributed by atoms with Gasteiger partial charge in [0.05, 0.1) is 11.7 Å². The number of nitrogens with one attached hydrogen (secondary N) is 1. The Morgan fingerprint density at radius 2 is 2.14 bits per heavy atom. The molecule has 1 heterocycles. The lowest BCUT2D eigenvalue weighted by Gasteiger charge is -2.09. The molecule has 1 aliphatic rings. The number of hydrogen-bond acceptors (Lipinski definition) is 3. The molecule has 1 aliphatic carbocycles. The smallest absolute Gasteiger partial charge is 0.132 e. The zero-order chi connectivity index (χ0) is 14.7. The molecule has 5 nitrogen and oxygen atoms in total. The van der Waals surface area contributed by atoms with Gasteiger partial charge in [0.25, 0.3) is 0 Å². The summed E-state index contributed by atoms with van der Waals surface area (Å²) in [6.45, 7) is 0.432. The third-order valence-corrected chi connectivity index (χ3v) is 3.89. The van der Waals surface area contributed by atoms with E-state index in [2.05, 4.69) is 9.78 Å².